The minimum atomic E-state index is -2.41. The number of nitrogens with two attached hydrogens (primary N) is 1. The van der Waals surface area contributed by atoms with Gasteiger partial charge < -0.3 is 35.3 Å². The molecule has 0 bridgehead atoms. The summed E-state index contributed by atoms with van der Waals surface area (Å²) in [6.07, 6.45) is -3.27. The maximum absolute atomic E-state index is 12.8. The Morgan fingerprint density at radius 2 is 2.19 bits per heavy atom. The molecule has 1 aromatic heterocycles. The third-order valence-corrected chi connectivity index (χ3v) is 4.88. The second kappa shape index (κ2) is 9.25. The van der Waals surface area contributed by atoms with E-state index in [-0.39, 0.29) is 12.4 Å². The van der Waals surface area contributed by atoms with Crippen molar-refractivity contribution in [2.24, 2.45) is 0 Å². The van der Waals surface area contributed by atoms with E-state index in [1.54, 1.807) is 22.6 Å². The van der Waals surface area contributed by atoms with Gasteiger partial charge >= 0.3 is 11.7 Å². The molecule has 0 aliphatic carbocycles. The third-order valence-electron chi connectivity index (χ3n) is 4.05. The van der Waals surface area contributed by atoms with Crippen LogP contribution in [0.15, 0.2) is 11.0 Å². The van der Waals surface area contributed by atoms with Crippen molar-refractivity contribution < 1.29 is 34.3 Å². The van der Waals surface area contributed by atoms with Crippen LogP contribution in [0, 0.1) is 3.57 Å². The predicted molar refractivity (Wildman–Crippen MR) is 99.6 cm³/mol. The Kier molecular flexibility index (Phi) is 7.53. The number of aromatic nitrogens is 2. The second-order valence-corrected chi connectivity index (χ2v) is 6.95. The van der Waals surface area contributed by atoms with Gasteiger partial charge in [-0.3, -0.25) is 4.57 Å². The van der Waals surface area contributed by atoms with Gasteiger partial charge in [0, 0.05) is 25.8 Å². The normalized spacial score (nSPS) is 27.7. The van der Waals surface area contributed by atoms with Gasteiger partial charge in [-0.25, -0.2) is 9.59 Å². The first-order valence-corrected chi connectivity index (χ1v) is 9.32. The van der Waals surface area contributed by atoms with Crippen molar-refractivity contribution >= 4 is 34.4 Å². The highest BCUT2D eigenvalue weighted by atomic mass is 127. The zero-order valence-electron chi connectivity index (χ0n) is 14.6. The SMILES string of the molecule is CCOCCCOC(=O)[C@@]1(n2cc(I)c(N)nc2=O)O[C@H](CO)[C@@H](O)[C@H]1O. The first kappa shape index (κ1) is 22.0. The van der Waals surface area contributed by atoms with E-state index in [1.165, 1.54) is 6.20 Å². The molecule has 11 nitrogen and oxygen atoms in total. The van der Waals surface area contributed by atoms with Crippen molar-refractivity contribution in [3.8, 4) is 0 Å². The minimum Gasteiger partial charge on any atom is -0.462 e. The zero-order chi connectivity index (χ0) is 20.2. The summed E-state index contributed by atoms with van der Waals surface area (Å²) < 4.78 is 16.8. The summed E-state index contributed by atoms with van der Waals surface area (Å²) in [5, 5.41) is 30.0. The van der Waals surface area contributed by atoms with E-state index < -0.39 is 42.3 Å². The highest BCUT2D eigenvalue weighted by molar-refractivity contribution is 14.1. The molecule has 2 rings (SSSR count). The smallest absolute Gasteiger partial charge is 0.363 e. The molecule has 1 aliphatic rings. The fraction of sp³-hybridized carbons (Fsp3) is 0.667. The molecule has 152 valence electrons. The van der Waals surface area contributed by atoms with Gasteiger partial charge in [-0.1, -0.05) is 0 Å². The lowest BCUT2D eigenvalue weighted by Gasteiger charge is -2.31. The van der Waals surface area contributed by atoms with Crippen LogP contribution in [0.2, 0.25) is 0 Å². The molecule has 1 aromatic rings. The van der Waals surface area contributed by atoms with Crippen LogP contribution in [0.3, 0.4) is 0 Å². The number of aliphatic hydroxyl groups is 3. The Hall–Kier alpha value is -1.32. The highest BCUT2D eigenvalue weighted by Crippen LogP contribution is 2.36. The van der Waals surface area contributed by atoms with Crippen molar-refractivity contribution in [2.45, 2.75) is 37.4 Å². The number of esters is 1. The second-order valence-electron chi connectivity index (χ2n) is 5.78. The predicted octanol–water partition coefficient (Wildman–Crippen LogP) is -1.83. The average molecular weight is 499 g/mol. The lowest BCUT2D eigenvalue weighted by Crippen LogP contribution is -2.56. The molecule has 5 N–H and O–H groups in total. The van der Waals surface area contributed by atoms with Crippen molar-refractivity contribution in [1.82, 2.24) is 9.55 Å². The minimum absolute atomic E-state index is 0.0647. The number of rotatable bonds is 8. The van der Waals surface area contributed by atoms with Crippen molar-refractivity contribution in [2.75, 3.05) is 32.2 Å². The Bertz CT molecular complexity index is 730. The molecule has 1 aliphatic heterocycles. The van der Waals surface area contributed by atoms with E-state index in [2.05, 4.69) is 4.98 Å². The molecule has 1 saturated heterocycles. The van der Waals surface area contributed by atoms with Gasteiger partial charge in [-0.2, -0.15) is 4.98 Å². The molecule has 0 unspecified atom stereocenters. The van der Waals surface area contributed by atoms with Gasteiger partial charge in [-0.05, 0) is 29.5 Å². The number of ether oxygens (including phenoxy) is 3. The summed E-state index contributed by atoms with van der Waals surface area (Å²) in [5.41, 5.74) is 2.21. The van der Waals surface area contributed by atoms with Crippen molar-refractivity contribution in [3.63, 3.8) is 0 Å². The fourth-order valence-electron chi connectivity index (χ4n) is 2.67. The topological polar surface area (TPSA) is 166 Å². The van der Waals surface area contributed by atoms with Gasteiger partial charge in [0.15, 0.2) is 0 Å². The maximum Gasteiger partial charge on any atom is 0.363 e. The standard InChI is InChI=1S/C15H22IN3O8/c1-2-25-4-3-5-26-13(23)15(11(22)10(21)9(7-20)27-15)19-6-8(16)12(17)18-14(19)24/h6,9-11,20-22H,2-5,7H2,1H3,(H2,17,18,24)/t9-,10-,11-,15+/m1/s1. The first-order chi connectivity index (χ1) is 12.8. The monoisotopic (exact) mass is 499 g/mol. The Balaban J connectivity index is 2.40. The van der Waals surface area contributed by atoms with Crippen LogP contribution < -0.4 is 11.4 Å². The zero-order valence-corrected chi connectivity index (χ0v) is 16.7. The molecular weight excluding hydrogens is 477 g/mol. The molecular formula is C15H22IN3O8. The number of halogens is 1. The number of hydrogen-bond donors (Lipinski definition) is 4. The van der Waals surface area contributed by atoms with E-state index >= 15 is 0 Å². The van der Waals surface area contributed by atoms with Crippen LogP contribution in [-0.4, -0.2) is 75.6 Å². The molecule has 0 aromatic carbocycles. The molecule has 0 saturated carbocycles. The van der Waals surface area contributed by atoms with Crippen LogP contribution in [0.4, 0.5) is 5.82 Å². The quantitative estimate of drug-likeness (QED) is 0.182. The van der Waals surface area contributed by atoms with E-state index in [4.69, 9.17) is 19.9 Å². The van der Waals surface area contributed by atoms with Crippen LogP contribution in [-0.2, 0) is 24.7 Å². The van der Waals surface area contributed by atoms with Crippen LogP contribution in [0.25, 0.3) is 0 Å². The highest BCUT2D eigenvalue weighted by Gasteiger charge is 2.62. The molecule has 0 spiro atoms. The van der Waals surface area contributed by atoms with Gasteiger partial charge in [0.25, 0.3) is 5.72 Å². The summed E-state index contributed by atoms with van der Waals surface area (Å²) >= 11 is 1.79. The van der Waals surface area contributed by atoms with Crippen molar-refractivity contribution in [3.05, 3.63) is 20.3 Å². The fourth-order valence-corrected chi connectivity index (χ4v) is 3.07. The van der Waals surface area contributed by atoms with E-state index in [9.17, 15) is 24.9 Å². The Morgan fingerprint density at radius 1 is 1.48 bits per heavy atom. The van der Waals surface area contributed by atoms with Crippen LogP contribution in [0.5, 0.6) is 0 Å². The van der Waals surface area contributed by atoms with E-state index in [0.717, 1.165) is 4.57 Å². The maximum atomic E-state index is 12.8. The third kappa shape index (κ3) is 4.25. The van der Waals surface area contributed by atoms with Crippen LogP contribution >= 0.6 is 22.6 Å². The van der Waals surface area contributed by atoms with Crippen molar-refractivity contribution in [1.29, 1.82) is 0 Å². The van der Waals surface area contributed by atoms with Gasteiger partial charge in [-0.15, -0.1) is 0 Å². The van der Waals surface area contributed by atoms with Crippen LogP contribution in [0.1, 0.15) is 13.3 Å². The molecule has 0 amide bonds. The van der Waals surface area contributed by atoms with Gasteiger partial charge in [0.1, 0.15) is 24.1 Å². The number of anilines is 1. The lowest BCUT2D eigenvalue weighted by molar-refractivity contribution is -0.202. The first-order valence-electron chi connectivity index (χ1n) is 8.24. The number of hydrogen-bond acceptors (Lipinski definition) is 10. The molecule has 4 atom stereocenters. The lowest BCUT2D eigenvalue weighted by atomic mass is 10.0. The Morgan fingerprint density at radius 3 is 2.78 bits per heavy atom. The molecule has 2 heterocycles. The molecule has 27 heavy (non-hydrogen) atoms. The van der Waals surface area contributed by atoms with E-state index in [1.807, 2.05) is 6.92 Å². The molecule has 0 radical (unpaired) electrons. The summed E-state index contributed by atoms with van der Waals surface area (Å²) in [7, 11) is 0. The van der Waals surface area contributed by atoms with Gasteiger partial charge in [0.2, 0.25) is 0 Å². The average Bonchev–Trinajstić information content (AvgIpc) is 2.90. The number of carbonyl (C=O) groups excluding carboxylic acids is 1. The number of aliphatic hydroxyl groups excluding tert-OH is 3. The van der Waals surface area contributed by atoms with Gasteiger partial charge in [0.05, 0.1) is 16.8 Å². The number of nitrogens with zero attached hydrogens (tertiary/aromatic N) is 2. The summed E-state index contributed by atoms with van der Waals surface area (Å²) in [5.74, 6) is -1.17. The van der Waals surface area contributed by atoms with E-state index in [0.29, 0.717) is 23.2 Å². The summed E-state index contributed by atoms with van der Waals surface area (Å²) in [4.78, 5) is 28.8. The Labute approximate surface area is 168 Å². The summed E-state index contributed by atoms with van der Waals surface area (Å²) in [6, 6.07) is 0. The largest absolute Gasteiger partial charge is 0.462 e. The molecule has 1 fully saturated rings. The number of carbonyl (C=O) groups is 1. The number of nitrogen functional groups attached to an aromatic ring is 1. The summed E-state index contributed by atoms with van der Waals surface area (Å²) in [6.45, 7) is 1.93. The molecule has 12 heteroatoms.